The molecule has 1 aliphatic heterocycles. The number of benzene rings is 2. The Bertz CT molecular complexity index is 539. The molecule has 3 rings (SSSR count). The van der Waals surface area contributed by atoms with Gasteiger partial charge in [0.15, 0.2) is 0 Å². The molecule has 0 saturated carbocycles. The van der Waals surface area contributed by atoms with Crippen molar-refractivity contribution < 1.29 is 5.11 Å². The molecule has 1 unspecified atom stereocenters. The minimum Gasteiger partial charge on any atom is -0.379 e. The van der Waals surface area contributed by atoms with Crippen LogP contribution in [0.3, 0.4) is 0 Å². The molecule has 1 heterocycles. The highest BCUT2D eigenvalue weighted by molar-refractivity contribution is 8.22. The SMILES string of the molecule is CC1(O)CSC(Cc2ccccc2)(Cc2ccccc2)S1. The van der Waals surface area contributed by atoms with Crippen molar-refractivity contribution in [2.75, 3.05) is 5.75 Å². The minimum atomic E-state index is -0.631. The van der Waals surface area contributed by atoms with Gasteiger partial charge >= 0.3 is 0 Å². The molecule has 0 bridgehead atoms. The molecule has 110 valence electrons. The second-order valence-corrected chi connectivity index (χ2v) is 9.28. The summed E-state index contributed by atoms with van der Waals surface area (Å²) in [5.41, 5.74) is 2.68. The van der Waals surface area contributed by atoms with Gasteiger partial charge in [0.25, 0.3) is 0 Å². The van der Waals surface area contributed by atoms with Gasteiger partial charge in [-0.1, -0.05) is 60.7 Å². The van der Waals surface area contributed by atoms with Gasteiger partial charge in [-0.05, 0) is 30.9 Å². The first-order valence-electron chi connectivity index (χ1n) is 7.21. The van der Waals surface area contributed by atoms with E-state index in [1.54, 1.807) is 11.8 Å². The predicted molar refractivity (Wildman–Crippen MR) is 93.7 cm³/mol. The van der Waals surface area contributed by atoms with E-state index in [0.717, 1.165) is 18.6 Å². The van der Waals surface area contributed by atoms with Crippen LogP contribution in [0.25, 0.3) is 0 Å². The fourth-order valence-electron chi connectivity index (χ4n) is 2.78. The molecule has 2 aromatic rings. The van der Waals surface area contributed by atoms with Gasteiger partial charge < -0.3 is 5.11 Å². The highest BCUT2D eigenvalue weighted by Crippen LogP contribution is 2.55. The topological polar surface area (TPSA) is 20.2 Å². The first-order chi connectivity index (χ1) is 10.1. The van der Waals surface area contributed by atoms with Crippen LogP contribution >= 0.6 is 23.5 Å². The quantitative estimate of drug-likeness (QED) is 0.905. The fraction of sp³-hybridized carbons (Fsp3) is 0.333. The number of thioether (sulfide) groups is 2. The Morgan fingerprint density at radius 1 is 0.905 bits per heavy atom. The van der Waals surface area contributed by atoms with Crippen LogP contribution in [0.15, 0.2) is 60.7 Å². The molecular formula is C18H20OS2. The van der Waals surface area contributed by atoms with Crippen LogP contribution in [0.5, 0.6) is 0 Å². The molecule has 1 aliphatic rings. The highest BCUT2D eigenvalue weighted by Gasteiger charge is 2.46. The Morgan fingerprint density at radius 3 is 1.76 bits per heavy atom. The van der Waals surface area contributed by atoms with Gasteiger partial charge in [0.2, 0.25) is 0 Å². The highest BCUT2D eigenvalue weighted by atomic mass is 32.2. The summed E-state index contributed by atoms with van der Waals surface area (Å²) >= 11 is 3.62. The lowest BCUT2D eigenvalue weighted by Crippen LogP contribution is -2.27. The Balaban J connectivity index is 1.85. The number of hydrogen-bond donors (Lipinski definition) is 1. The van der Waals surface area contributed by atoms with E-state index in [1.807, 2.05) is 18.7 Å². The van der Waals surface area contributed by atoms with Crippen molar-refractivity contribution in [3.8, 4) is 0 Å². The van der Waals surface area contributed by atoms with Crippen LogP contribution in [-0.4, -0.2) is 19.9 Å². The zero-order valence-corrected chi connectivity index (χ0v) is 13.8. The van der Waals surface area contributed by atoms with Crippen molar-refractivity contribution in [2.45, 2.75) is 28.8 Å². The van der Waals surface area contributed by atoms with Crippen molar-refractivity contribution >= 4 is 23.5 Å². The van der Waals surface area contributed by atoms with Gasteiger partial charge in [-0.15, -0.1) is 23.5 Å². The molecule has 1 N–H and O–H groups in total. The van der Waals surface area contributed by atoms with Crippen LogP contribution < -0.4 is 0 Å². The molecule has 1 fully saturated rings. The second-order valence-electron chi connectivity index (χ2n) is 5.80. The van der Waals surface area contributed by atoms with E-state index in [4.69, 9.17) is 0 Å². The molecule has 0 aromatic heterocycles. The molecule has 2 aromatic carbocycles. The maximum absolute atomic E-state index is 10.4. The summed E-state index contributed by atoms with van der Waals surface area (Å²) in [4.78, 5) is -0.631. The summed E-state index contributed by atoms with van der Waals surface area (Å²) in [6.45, 7) is 1.93. The Labute approximate surface area is 135 Å². The third-order valence-corrected chi connectivity index (χ3v) is 7.19. The first kappa shape index (κ1) is 15.0. The summed E-state index contributed by atoms with van der Waals surface area (Å²) < 4.78 is 0.0200. The summed E-state index contributed by atoms with van der Waals surface area (Å²) in [5.74, 6) is 0.789. The lowest BCUT2D eigenvalue weighted by atomic mass is 10.0. The maximum Gasteiger partial charge on any atom is 0.118 e. The second kappa shape index (κ2) is 6.07. The van der Waals surface area contributed by atoms with Crippen LogP contribution in [-0.2, 0) is 12.8 Å². The van der Waals surface area contributed by atoms with Gasteiger partial charge in [0.05, 0.1) is 4.08 Å². The van der Waals surface area contributed by atoms with E-state index >= 15 is 0 Å². The smallest absolute Gasteiger partial charge is 0.118 e. The summed E-state index contributed by atoms with van der Waals surface area (Å²) in [5, 5.41) is 10.4. The molecule has 21 heavy (non-hydrogen) atoms. The van der Waals surface area contributed by atoms with Crippen molar-refractivity contribution in [1.29, 1.82) is 0 Å². The van der Waals surface area contributed by atoms with Gasteiger partial charge in [-0.3, -0.25) is 0 Å². The van der Waals surface area contributed by atoms with Crippen LogP contribution in [0, 0.1) is 0 Å². The van der Waals surface area contributed by atoms with Crippen molar-refractivity contribution in [3.05, 3.63) is 71.8 Å². The van der Waals surface area contributed by atoms with Gasteiger partial charge in [0.1, 0.15) is 4.93 Å². The van der Waals surface area contributed by atoms with E-state index in [9.17, 15) is 5.11 Å². The van der Waals surface area contributed by atoms with E-state index in [1.165, 1.54) is 11.1 Å². The average molecular weight is 316 g/mol. The van der Waals surface area contributed by atoms with Gasteiger partial charge in [-0.25, -0.2) is 0 Å². The monoisotopic (exact) mass is 316 g/mol. The Hall–Kier alpha value is -0.900. The molecule has 0 amide bonds. The molecule has 1 saturated heterocycles. The molecule has 3 heteroatoms. The standard InChI is InChI=1S/C18H20OS2/c1-17(19)14-20-18(21-17,12-15-8-4-2-5-9-15)13-16-10-6-3-7-11-16/h2-11,19H,12-14H2,1H3. The Morgan fingerprint density at radius 2 is 1.38 bits per heavy atom. The summed E-state index contributed by atoms with van der Waals surface area (Å²) in [7, 11) is 0. The van der Waals surface area contributed by atoms with Crippen LogP contribution in [0.4, 0.5) is 0 Å². The molecule has 0 radical (unpaired) electrons. The molecule has 1 atom stereocenters. The maximum atomic E-state index is 10.4. The molecule has 0 spiro atoms. The van der Waals surface area contributed by atoms with E-state index < -0.39 is 4.93 Å². The van der Waals surface area contributed by atoms with Gasteiger partial charge in [0, 0.05) is 5.75 Å². The third kappa shape index (κ3) is 3.85. The Kier molecular flexibility index (Phi) is 4.34. The molecular weight excluding hydrogens is 296 g/mol. The minimum absolute atomic E-state index is 0.0200. The van der Waals surface area contributed by atoms with E-state index in [-0.39, 0.29) is 4.08 Å². The lowest BCUT2D eigenvalue weighted by Gasteiger charge is -2.29. The zero-order valence-electron chi connectivity index (χ0n) is 12.2. The molecule has 1 nitrogen and oxygen atoms in total. The molecule has 0 aliphatic carbocycles. The van der Waals surface area contributed by atoms with Gasteiger partial charge in [-0.2, -0.15) is 0 Å². The van der Waals surface area contributed by atoms with Crippen molar-refractivity contribution in [3.63, 3.8) is 0 Å². The third-order valence-electron chi connectivity index (χ3n) is 3.64. The normalized spacial score (nSPS) is 24.1. The average Bonchev–Trinajstić information content (AvgIpc) is 2.76. The number of aliphatic hydroxyl groups is 1. The van der Waals surface area contributed by atoms with Crippen molar-refractivity contribution in [1.82, 2.24) is 0 Å². The van der Waals surface area contributed by atoms with E-state index in [0.29, 0.717) is 0 Å². The zero-order chi connectivity index (χ0) is 14.8. The van der Waals surface area contributed by atoms with Crippen LogP contribution in [0.1, 0.15) is 18.1 Å². The van der Waals surface area contributed by atoms with Crippen molar-refractivity contribution in [2.24, 2.45) is 0 Å². The fourth-order valence-corrected chi connectivity index (χ4v) is 6.49. The van der Waals surface area contributed by atoms with E-state index in [2.05, 4.69) is 60.7 Å². The summed E-state index contributed by atoms with van der Waals surface area (Å²) in [6.07, 6.45) is 1.96. The number of rotatable bonds is 4. The summed E-state index contributed by atoms with van der Waals surface area (Å²) in [6, 6.07) is 21.2. The number of hydrogen-bond acceptors (Lipinski definition) is 3. The lowest BCUT2D eigenvalue weighted by molar-refractivity contribution is 0.185. The first-order valence-corrected chi connectivity index (χ1v) is 9.02. The van der Waals surface area contributed by atoms with Crippen LogP contribution in [0.2, 0.25) is 0 Å². The largest absolute Gasteiger partial charge is 0.379 e. The predicted octanol–water partition coefficient (Wildman–Crippen LogP) is 4.36.